The molecule has 2 nitrogen and oxygen atoms in total. The summed E-state index contributed by atoms with van der Waals surface area (Å²) >= 11 is 0. The Morgan fingerprint density at radius 3 is 1.62 bits per heavy atom. The Kier molecular flexibility index (Phi) is 5.25. The Hall–Kier alpha value is -7.68. The Morgan fingerprint density at radius 2 is 0.948 bits per heavy atom. The average molecular weight is 755 g/mol. The van der Waals surface area contributed by atoms with E-state index in [0.717, 1.165) is 33.6 Å². The van der Waals surface area contributed by atoms with Gasteiger partial charge in [0, 0.05) is 27.8 Å². The zero-order valence-corrected chi connectivity index (χ0v) is 30.6. The summed E-state index contributed by atoms with van der Waals surface area (Å²) in [7, 11) is 0. The normalized spacial score (nSPS) is 15.1. The van der Waals surface area contributed by atoms with Crippen molar-refractivity contribution in [2.75, 3.05) is 4.90 Å². The molecule has 0 fully saturated rings. The van der Waals surface area contributed by atoms with Crippen molar-refractivity contribution in [3.63, 3.8) is 0 Å². The first-order valence-electron chi connectivity index (χ1n) is 26.1. The molecule has 11 rings (SSSR count). The summed E-state index contributed by atoms with van der Waals surface area (Å²) in [5, 5.41) is -0.292. The van der Waals surface area contributed by atoms with Crippen LogP contribution in [0.25, 0.3) is 88.0 Å². The lowest BCUT2D eigenvalue weighted by Gasteiger charge is -2.26. The fraction of sp³-hybridized carbons (Fsp3) is 0. The van der Waals surface area contributed by atoms with Gasteiger partial charge in [-0.1, -0.05) is 157 Å². The van der Waals surface area contributed by atoms with Crippen molar-refractivity contribution in [2.45, 2.75) is 0 Å². The highest BCUT2D eigenvalue weighted by molar-refractivity contribution is 6.19. The first-order valence-corrected chi connectivity index (χ1v) is 18.6. The van der Waals surface area contributed by atoms with Crippen LogP contribution in [0.2, 0.25) is 0 Å². The minimum Gasteiger partial charge on any atom is -0.456 e. The van der Waals surface area contributed by atoms with Crippen LogP contribution in [0.3, 0.4) is 0 Å². The number of nitrogens with zero attached hydrogens (tertiary/aromatic N) is 1. The standard InChI is InChI=1S/C56H37NO/c1-4-10-38(11-5-1)41-20-27-49(28-21-41)57(50-29-22-42(23-30-50)39-12-6-2-7-13-39)51-31-24-45-34-44(18-19-46(45)35-51)48-25-32-52-55(37-48)58-54-33-26-43-16-17-47(36-53(43)56(52)54)40-14-8-3-9-15-40/h1-37H/i3D,8D,9D,14D,15D,16D,17D,18D,19D,24D,26D,32D,33D,34D,36D. The van der Waals surface area contributed by atoms with Gasteiger partial charge in [0.25, 0.3) is 0 Å². The third-order valence-corrected chi connectivity index (χ3v) is 10.2. The molecule has 0 saturated heterocycles. The highest BCUT2D eigenvalue weighted by atomic mass is 16.3. The second-order valence-electron chi connectivity index (χ2n) is 13.7. The van der Waals surface area contributed by atoms with E-state index in [2.05, 4.69) is 0 Å². The third kappa shape index (κ3) is 6.09. The van der Waals surface area contributed by atoms with E-state index in [0.29, 0.717) is 5.69 Å². The summed E-state index contributed by atoms with van der Waals surface area (Å²) in [6.45, 7) is 0. The average Bonchev–Trinajstić information content (AvgIpc) is 3.80. The lowest BCUT2D eigenvalue weighted by molar-refractivity contribution is 0.669. The van der Waals surface area contributed by atoms with Crippen molar-refractivity contribution >= 4 is 60.5 Å². The van der Waals surface area contributed by atoms with E-state index >= 15 is 0 Å². The van der Waals surface area contributed by atoms with Crippen LogP contribution in [0.1, 0.15) is 20.6 Å². The zero-order chi connectivity index (χ0) is 51.5. The molecular weight excluding hydrogens is 703 g/mol. The van der Waals surface area contributed by atoms with E-state index in [1.165, 1.54) is 12.1 Å². The Bertz CT molecular complexity index is 4010. The molecule has 11 aromatic rings. The number of benzene rings is 10. The van der Waals surface area contributed by atoms with Gasteiger partial charge in [0.1, 0.15) is 11.2 Å². The van der Waals surface area contributed by atoms with Crippen molar-refractivity contribution < 1.29 is 25.0 Å². The predicted molar refractivity (Wildman–Crippen MR) is 245 cm³/mol. The summed E-state index contributed by atoms with van der Waals surface area (Å²) in [6.07, 6.45) is 0. The Morgan fingerprint density at radius 1 is 0.345 bits per heavy atom. The predicted octanol–water partition coefficient (Wildman–Crippen LogP) is 16.0. The smallest absolute Gasteiger partial charge is 0.136 e. The van der Waals surface area contributed by atoms with Crippen molar-refractivity contribution in [2.24, 2.45) is 0 Å². The second kappa shape index (κ2) is 14.1. The summed E-state index contributed by atoms with van der Waals surface area (Å²) < 4.78 is 141. The van der Waals surface area contributed by atoms with Gasteiger partial charge in [0.05, 0.1) is 20.6 Å². The molecular formula is C56H37NO. The summed E-state index contributed by atoms with van der Waals surface area (Å²) in [4.78, 5) is 1.96. The van der Waals surface area contributed by atoms with E-state index in [4.69, 9.17) is 16.8 Å². The minimum atomic E-state index is -0.717. The molecule has 0 amide bonds. The number of fused-ring (bicyclic) bond motifs is 6. The molecule has 0 atom stereocenters. The molecule has 0 aliphatic heterocycles. The van der Waals surface area contributed by atoms with Crippen LogP contribution < -0.4 is 4.90 Å². The molecule has 0 spiro atoms. The van der Waals surface area contributed by atoms with Crippen LogP contribution in [0.4, 0.5) is 17.1 Å². The van der Waals surface area contributed by atoms with Crippen LogP contribution >= 0.6 is 0 Å². The summed E-state index contributed by atoms with van der Waals surface area (Å²) in [5.41, 5.74) is 4.85. The number of anilines is 3. The topological polar surface area (TPSA) is 16.4 Å². The molecule has 0 radical (unpaired) electrons. The van der Waals surface area contributed by atoms with Gasteiger partial charge in [-0.3, -0.25) is 0 Å². The molecule has 0 N–H and O–H groups in total. The van der Waals surface area contributed by atoms with E-state index in [1.54, 1.807) is 12.1 Å². The monoisotopic (exact) mass is 754 g/mol. The third-order valence-electron chi connectivity index (χ3n) is 10.2. The molecule has 0 saturated carbocycles. The largest absolute Gasteiger partial charge is 0.456 e. The van der Waals surface area contributed by atoms with Crippen LogP contribution in [0, 0.1) is 0 Å². The molecule has 0 aliphatic rings. The maximum atomic E-state index is 9.57. The van der Waals surface area contributed by atoms with Gasteiger partial charge in [-0.2, -0.15) is 0 Å². The van der Waals surface area contributed by atoms with Crippen molar-refractivity contribution in [1.82, 2.24) is 0 Å². The van der Waals surface area contributed by atoms with Crippen molar-refractivity contribution in [3.05, 3.63) is 224 Å². The van der Waals surface area contributed by atoms with Crippen LogP contribution in [-0.4, -0.2) is 0 Å². The molecule has 2 heteroatoms. The van der Waals surface area contributed by atoms with Gasteiger partial charge in [-0.25, -0.2) is 0 Å². The highest BCUT2D eigenvalue weighted by Gasteiger charge is 2.16. The number of furan rings is 1. The molecule has 0 bridgehead atoms. The molecule has 10 aromatic carbocycles. The lowest BCUT2D eigenvalue weighted by Crippen LogP contribution is -2.09. The van der Waals surface area contributed by atoms with Gasteiger partial charge in [0.2, 0.25) is 0 Å². The number of hydrogen-bond donors (Lipinski definition) is 0. The highest BCUT2D eigenvalue weighted by Crippen LogP contribution is 2.41. The van der Waals surface area contributed by atoms with E-state index in [9.17, 15) is 8.22 Å². The fourth-order valence-electron chi connectivity index (χ4n) is 7.37. The SMILES string of the molecule is [2H]c1c([2H])c([2H])c(-c2c([2H])c([2H])c3c([2H])c([2H])c4oc5cc(-c6c([2H])c([2H])c7cc(N(c8ccc(-c9ccccc9)cc8)c8ccc(-c9ccccc9)cc8)cc([2H])c7c6[2H])cc([2H])c5c4c3c2[2H])c([2H])c1[2H]. The molecule has 1 heterocycles. The van der Waals surface area contributed by atoms with Gasteiger partial charge in [-0.05, 0) is 133 Å². The van der Waals surface area contributed by atoms with Crippen LogP contribution in [0.15, 0.2) is 229 Å². The van der Waals surface area contributed by atoms with Gasteiger partial charge in [-0.15, -0.1) is 0 Å². The van der Waals surface area contributed by atoms with Crippen LogP contribution in [0.5, 0.6) is 0 Å². The van der Waals surface area contributed by atoms with Gasteiger partial charge >= 0.3 is 0 Å². The summed E-state index contributed by atoms with van der Waals surface area (Å²) in [5.74, 6) is 0. The van der Waals surface area contributed by atoms with E-state index < -0.39 is 71.6 Å². The maximum absolute atomic E-state index is 9.57. The first kappa shape index (κ1) is 21.6. The molecule has 58 heavy (non-hydrogen) atoms. The second-order valence-corrected chi connectivity index (χ2v) is 13.7. The minimum absolute atomic E-state index is 0.0133. The van der Waals surface area contributed by atoms with E-state index in [1.807, 2.05) is 114 Å². The van der Waals surface area contributed by atoms with Gasteiger partial charge in [0.15, 0.2) is 0 Å². The molecule has 1 aromatic heterocycles. The first-order chi connectivity index (χ1) is 35.0. The Balaban J connectivity index is 1.08. The zero-order valence-electron chi connectivity index (χ0n) is 45.6. The van der Waals surface area contributed by atoms with Crippen molar-refractivity contribution in [3.8, 4) is 44.5 Å². The molecule has 0 unspecified atom stereocenters. The fourth-order valence-corrected chi connectivity index (χ4v) is 7.37. The maximum Gasteiger partial charge on any atom is 0.136 e. The molecule has 272 valence electrons. The van der Waals surface area contributed by atoms with Crippen molar-refractivity contribution in [1.29, 1.82) is 0 Å². The summed E-state index contributed by atoms with van der Waals surface area (Å²) in [6, 6.07) is 34.1. The number of hydrogen-bond acceptors (Lipinski definition) is 2. The lowest BCUT2D eigenvalue weighted by atomic mass is 9.97. The van der Waals surface area contributed by atoms with Crippen LogP contribution in [-0.2, 0) is 0 Å². The van der Waals surface area contributed by atoms with E-state index in [-0.39, 0.29) is 84.8 Å². The Labute approximate surface area is 358 Å². The molecule has 0 aliphatic carbocycles. The number of rotatable bonds is 7. The quantitative estimate of drug-likeness (QED) is 0.161. The van der Waals surface area contributed by atoms with Gasteiger partial charge < -0.3 is 9.32 Å².